The van der Waals surface area contributed by atoms with Crippen LogP contribution in [0.15, 0.2) is 88.4 Å². The van der Waals surface area contributed by atoms with Gasteiger partial charge in [-0.25, -0.2) is 14.2 Å². The number of hydrogen-bond acceptors (Lipinski definition) is 8. The van der Waals surface area contributed by atoms with Crippen molar-refractivity contribution >= 4 is 34.0 Å². The molecule has 1 atom stereocenters. The maximum absolute atomic E-state index is 13.7. The zero-order chi connectivity index (χ0) is 28.7. The Bertz CT molecular complexity index is 1680. The number of benzene rings is 3. The Kier molecular flexibility index (Phi) is 7.15. The zero-order valence-corrected chi connectivity index (χ0v) is 23.6. The van der Waals surface area contributed by atoms with Gasteiger partial charge in [0.05, 0.1) is 5.70 Å². The number of carbonyl (C=O) groups excluding carboxylic acids is 1. The van der Waals surface area contributed by atoms with Gasteiger partial charge in [-0.3, -0.25) is 0 Å². The Morgan fingerprint density at radius 1 is 1.05 bits per heavy atom. The smallest absolute Gasteiger partial charge is 0.392 e. The van der Waals surface area contributed by atoms with Gasteiger partial charge < -0.3 is 14.0 Å². The van der Waals surface area contributed by atoms with Crippen LogP contribution in [0.2, 0.25) is 0 Å². The van der Waals surface area contributed by atoms with Gasteiger partial charge in [0.25, 0.3) is 0 Å². The van der Waals surface area contributed by atoms with Crippen molar-refractivity contribution < 1.29 is 23.2 Å². The molecule has 0 fully saturated rings. The summed E-state index contributed by atoms with van der Waals surface area (Å²) in [6.45, 7) is 6.53. The Labute approximate surface area is 241 Å². The van der Waals surface area contributed by atoms with Gasteiger partial charge in [-0.05, 0) is 72.0 Å². The molecule has 0 radical (unpaired) electrons. The van der Waals surface area contributed by atoms with E-state index in [1.807, 2.05) is 12.1 Å². The van der Waals surface area contributed by atoms with E-state index < -0.39 is 5.97 Å². The van der Waals surface area contributed by atoms with Gasteiger partial charge in [-0.15, -0.1) is 0 Å². The number of nitrogens with two attached hydrogens (primary N) is 1. The molecule has 2 aliphatic rings. The minimum Gasteiger partial charge on any atom is -0.485 e. The Morgan fingerprint density at radius 2 is 1.78 bits per heavy atom. The molecule has 41 heavy (non-hydrogen) atoms. The lowest BCUT2D eigenvalue weighted by Crippen LogP contribution is -2.23. The van der Waals surface area contributed by atoms with Gasteiger partial charge in [0.1, 0.15) is 34.4 Å². The summed E-state index contributed by atoms with van der Waals surface area (Å²) >= 11 is 1.62. The lowest BCUT2D eigenvalue weighted by Gasteiger charge is -2.34. The number of fused-ring (bicyclic) bond motifs is 3. The van der Waals surface area contributed by atoms with Crippen molar-refractivity contribution in [1.82, 2.24) is 5.01 Å². The van der Waals surface area contributed by atoms with E-state index in [1.165, 1.54) is 23.8 Å². The first-order valence-electron chi connectivity index (χ1n) is 13.2. The highest BCUT2D eigenvalue weighted by Gasteiger charge is 2.39. The van der Waals surface area contributed by atoms with Crippen LogP contribution >= 0.6 is 11.8 Å². The highest BCUT2D eigenvalue weighted by molar-refractivity contribution is 8.14. The molecule has 6 rings (SSSR count). The third-order valence-electron chi connectivity index (χ3n) is 7.21. The van der Waals surface area contributed by atoms with Crippen LogP contribution < -0.4 is 10.6 Å². The summed E-state index contributed by atoms with van der Waals surface area (Å²) in [5.41, 5.74) is 7.18. The largest absolute Gasteiger partial charge is 0.485 e. The lowest BCUT2D eigenvalue weighted by molar-refractivity contribution is 0.0463. The average Bonchev–Trinajstić information content (AvgIpc) is 3.64. The monoisotopic (exact) mass is 569 g/mol. The van der Waals surface area contributed by atoms with Crippen molar-refractivity contribution in [2.45, 2.75) is 38.7 Å². The molecule has 0 aliphatic carbocycles. The van der Waals surface area contributed by atoms with Crippen LogP contribution in [0.5, 0.6) is 5.75 Å². The van der Waals surface area contributed by atoms with Gasteiger partial charge in [0.2, 0.25) is 5.76 Å². The molecule has 7 nitrogen and oxygen atoms in total. The van der Waals surface area contributed by atoms with E-state index in [2.05, 4.69) is 60.9 Å². The van der Waals surface area contributed by atoms with Crippen LogP contribution in [0.4, 0.5) is 4.39 Å². The fraction of sp³-hybridized carbons (Fsp3) is 0.188. The molecule has 0 amide bonds. The number of furan rings is 1. The summed E-state index contributed by atoms with van der Waals surface area (Å²) in [4.78, 5) is 15.9. The Balaban J connectivity index is 1.41. The molecule has 3 aromatic carbocycles. The number of carbonyl (C=O) groups is 1. The molecule has 0 bridgehead atoms. The molecule has 9 heteroatoms. The summed E-state index contributed by atoms with van der Waals surface area (Å²) in [6, 6.07) is 24.1. The van der Waals surface area contributed by atoms with E-state index in [4.69, 9.17) is 20.2 Å². The first kappa shape index (κ1) is 26.9. The average molecular weight is 570 g/mol. The third kappa shape index (κ3) is 5.03. The van der Waals surface area contributed by atoms with Gasteiger partial charge in [0, 0.05) is 16.7 Å². The highest BCUT2D eigenvalue weighted by Crippen LogP contribution is 2.54. The molecule has 0 spiro atoms. The number of allylic oxidation sites excluding steroid dienone is 1. The molecule has 2 aliphatic heterocycles. The summed E-state index contributed by atoms with van der Waals surface area (Å²) in [5.74, 6) is 5.50. The summed E-state index contributed by atoms with van der Waals surface area (Å²) in [5, 5.41) is 7.78. The molecule has 0 saturated heterocycles. The van der Waals surface area contributed by atoms with E-state index in [0.717, 1.165) is 38.6 Å². The topological polar surface area (TPSA) is 90.3 Å². The quantitative estimate of drug-likeness (QED) is 0.231. The highest BCUT2D eigenvalue weighted by atomic mass is 32.2. The zero-order valence-electron chi connectivity index (χ0n) is 22.8. The predicted molar refractivity (Wildman–Crippen MR) is 157 cm³/mol. The molecule has 1 aromatic heterocycles. The van der Waals surface area contributed by atoms with E-state index in [1.54, 1.807) is 30.0 Å². The fourth-order valence-electron chi connectivity index (χ4n) is 5.12. The van der Waals surface area contributed by atoms with Crippen molar-refractivity contribution in [3.05, 3.63) is 124 Å². The number of ether oxygens (including phenoxy) is 1. The van der Waals surface area contributed by atoms with Crippen molar-refractivity contribution in [2.75, 3.05) is 0 Å². The summed E-state index contributed by atoms with van der Waals surface area (Å²) in [7, 11) is 0. The lowest BCUT2D eigenvalue weighted by atomic mass is 9.90. The maximum Gasteiger partial charge on any atom is 0.392 e. The van der Waals surface area contributed by atoms with Gasteiger partial charge in [-0.2, -0.15) is 11.0 Å². The minimum atomic E-state index is -0.754. The van der Waals surface area contributed by atoms with Crippen LogP contribution in [0.1, 0.15) is 76.2 Å². The standard InChI is InChI=1S/C32H28FN3O4S/c1-18(2)20-7-9-21(10-8-20)29-19(3)28-25(31-36(29)35-30(41-31)22-11-13-23(33)14-12-22)5-4-6-26(28)38-17-24-15-16-27(39-24)32(37)40-34/h4-16,18,31H,17,34H2,1-3H3. The second-order valence-electron chi connectivity index (χ2n) is 10.2. The SMILES string of the molecule is CC1=C(c2ccc(C(C)C)cc2)N2N=C(c3ccc(F)cc3)SC2c2cccc(OCc3ccc(C(=O)ON)o3)c21. The normalized spacial score (nSPS) is 16.0. The van der Waals surface area contributed by atoms with Crippen molar-refractivity contribution in [1.29, 1.82) is 0 Å². The molecule has 0 saturated carbocycles. The number of hydrazone groups is 1. The molecule has 2 N–H and O–H groups in total. The molecule has 208 valence electrons. The van der Waals surface area contributed by atoms with Gasteiger partial charge >= 0.3 is 5.97 Å². The maximum atomic E-state index is 13.7. The van der Waals surface area contributed by atoms with E-state index in [9.17, 15) is 9.18 Å². The van der Waals surface area contributed by atoms with E-state index in [-0.39, 0.29) is 23.6 Å². The Morgan fingerprint density at radius 3 is 2.49 bits per heavy atom. The van der Waals surface area contributed by atoms with Crippen molar-refractivity contribution in [3.63, 3.8) is 0 Å². The fourth-order valence-corrected chi connectivity index (χ4v) is 6.32. The first-order valence-corrected chi connectivity index (χ1v) is 14.1. The van der Waals surface area contributed by atoms with Gasteiger partial charge in [-0.1, -0.05) is 62.0 Å². The molecule has 4 aromatic rings. The third-order valence-corrected chi connectivity index (χ3v) is 8.43. The molecule has 1 unspecified atom stereocenters. The number of rotatable bonds is 7. The van der Waals surface area contributed by atoms with E-state index in [0.29, 0.717) is 17.4 Å². The number of halogens is 1. The summed E-state index contributed by atoms with van der Waals surface area (Å²) in [6.07, 6.45) is 0. The van der Waals surface area contributed by atoms with Crippen LogP contribution in [0.25, 0.3) is 11.3 Å². The molecular formula is C32H28FN3O4S. The van der Waals surface area contributed by atoms with Crippen molar-refractivity contribution in [3.8, 4) is 5.75 Å². The second-order valence-corrected chi connectivity index (χ2v) is 11.2. The number of hydrogen-bond donors (Lipinski definition) is 1. The van der Waals surface area contributed by atoms with Gasteiger partial charge in [0.15, 0.2) is 0 Å². The number of nitrogens with zero attached hydrogens (tertiary/aromatic N) is 2. The van der Waals surface area contributed by atoms with Crippen LogP contribution in [-0.2, 0) is 11.4 Å². The Hall–Kier alpha value is -4.34. The minimum absolute atomic E-state index is 0.00728. The second kappa shape index (κ2) is 10.9. The molecular weight excluding hydrogens is 541 g/mol. The van der Waals surface area contributed by atoms with Crippen molar-refractivity contribution in [2.24, 2.45) is 11.0 Å². The van der Waals surface area contributed by atoms with Crippen LogP contribution in [0.3, 0.4) is 0 Å². The summed E-state index contributed by atoms with van der Waals surface area (Å²) < 4.78 is 25.5. The van der Waals surface area contributed by atoms with Crippen LogP contribution in [-0.4, -0.2) is 16.0 Å². The first-order chi connectivity index (χ1) is 19.8. The predicted octanol–water partition coefficient (Wildman–Crippen LogP) is 7.46. The van der Waals surface area contributed by atoms with Crippen LogP contribution in [0, 0.1) is 5.82 Å². The molecule has 3 heterocycles. The number of thioether (sulfide) groups is 1. The van der Waals surface area contributed by atoms with E-state index >= 15 is 0 Å².